The maximum Gasteiger partial charge on any atom is 0.193 e. The average Bonchev–Trinajstić information content (AvgIpc) is 2.47. The predicted molar refractivity (Wildman–Crippen MR) is 83.8 cm³/mol. The second-order valence-corrected chi connectivity index (χ2v) is 5.31. The van der Waals surface area contributed by atoms with Crippen molar-refractivity contribution < 1.29 is 0 Å². The van der Waals surface area contributed by atoms with E-state index in [4.69, 9.17) is 5.73 Å². The van der Waals surface area contributed by atoms with Crippen LogP contribution in [0.1, 0.15) is 19.4 Å². The summed E-state index contributed by atoms with van der Waals surface area (Å²) in [5, 5.41) is 3.08. The Morgan fingerprint density at radius 3 is 2.45 bits per heavy atom. The Morgan fingerprint density at radius 1 is 1.15 bits per heavy atom. The first-order valence-electron chi connectivity index (χ1n) is 6.60. The molecule has 0 radical (unpaired) electrons. The summed E-state index contributed by atoms with van der Waals surface area (Å²) in [6.07, 6.45) is 3.60. The molecule has 0 aliphatic rings. The number of aromatic nitrogens is 1. The van der Waals surface area contributed by atoms with Crippen LogP contribution in [0.5, 0.6) is 0 Å². The summed E-state index contributed by atoms with van der Waals surface area (Å²) in [5.41, 5.74) is 7.98. The molecule has 0 aliphatic carbocycles. The van der Waals surface area contributed by atoms with E-state index in [9.17, 15) is 0 Å². The Kier molecular flexibility index (Phi) is 4.35. The van der Waals surface area contributed by atoms with E-state index in [0.717, 1.165) is 5.69 Å². The Balaban J connectivity index is 2.01. The SMILES string of the molecule is CC(C)(CN=C(N)Nc1ccccc1)c1ccncc1. The zero-order valence-electron chi connectivity index (χ0n) is 11.9. The second kappa shape index (κ2) is 6.19. The monoisotopic (exact) mass is 268 g/mol. The van der Waals surface area contributed by atoms with Gasteiger partial charge in [-0.1, -0.05) is 32.0 Å². The fraction of sp³-hybridized carbons (Fsp3) is 0.250. The van der Waals surface area contributed by atoms with Crippen LogP contribution in [0.15, 0.2) is 59.9 Å². The number of para-hydroxylation sites is 1. The van der Waals surface area contributed by atoms with Crippen LogP contribution < -0.4 is 11.1 Å². The van der Waals surface area contributed by atoms with Crippen molar-refractivity contribution in [1.29, 1.82) is 0 Å². The molecule has 1 aromatic carbocycles. The number of benzene rings is 1. The van der Waals surface area contributed by atoms with Gasteiger partial charge in [0, 0.05) is 23.5 Å². The summed E-state index contributed by atoms with van der Waals surface area (Å²) < 4.78 is 0. The molecule has 0 atom stereocenters. The molecule has 0 unspecified atom stereocenters. The molecule has 4 heteroatoms. The summed E-state index contributed by atoms with van der Waals surface area (Å²) >= 11 is 0. The molecule has 0 bridgehead atoms. The van der Waals surface area contributed by atoms with Crippen molar-refractivity contribution in [2.75, 3.05) is 11.9 Å². The minimum Gasteiger partial charge on any atom is -0.370 e. The van der Waals surface area contributed by atoms with E-state index in [-0.39, 0.29) is 5.41 Å². The lowest BCUT2D eigenvalue weighted by Gasteiger charge is -2.23. The molecular formula is C16H20N4. The molecule has 0 saturated heterocycles. The van der Waals surface area contributed by atoms with Gasteiger partial charge >= 0.3 is 0 Å². The number of anilines is 1. The van der Waals surface area contributed by atoms with Gasteiger partial charge < -0.3 is 11.1 Å². The zero-order valence-corrected chi connectivity index (χ0v) is 11.9. The smallest absolute Gasteiger partial charge is 0.193 e. The first-order chi connectivity index (χ1) is 9.58. The van der Waals surface area contributed by atoms with Crippen LogP contribution in [-0.4, -0.2) is 17.5 Å². The minimum absolute atomic E-state index is 0.0775. The maximum absolute atomic E-state index is 5.92. The molecule has 0 amide bonds. The van der Waals surface area contributed by atoms with E-state index in [1.54, 1.807) is 12.4 Å². The van der Waals surface area contributed by atoms with E-state index in [0.29, 0.717) is 12.5 Å². The molecular weight excluding hydrogens is 248 g/mol. The molecule has 2 rings (SSSR count). The fourth-order valence-corrected chi connectivity index (χ4v) is 1.89. The molecule has 104 valence electrons. The molecule has 0 fully saturated rings. The average molecular weight is 268 g/mol. The number of hydrogen-bond donors (Lipinski definition) is 2. The Hall–Kier alpha value is -2.36. The number of pyridine rings is 1. The molecule has 1 aromatic heterocycles. The number of nitrogens with two attached hydrogens (primary N) is 1. The highest BCUT2D eigenvalue weighted by Gasteiger charge is 2.19. The maximum atomic E-state index is 5.92. The number of nitrogens with one attached hydrogen (secondary N) is 1. The summed E-state index contributed by atoms with van der Waals surface area (Å²) in [5.74, 6) is 0.429. The van der Waals surface area contributed by atoms with Crippen LogP contribution in [0.4, 0.5) is 5.69 Å². The van der Waals surface area contributed by atoms with Gasteiger partial charge in [0.25, 0.3) is 0 Å². The quantitative estimate of drug-likeness (QED) is 0.662. The van der Waals surface area contributed by atoms with Crippen LogP contribution in [-0.2, 0) is 5.41 Å². The molecule has 1 heterocycles. The molecule has 0 saturated carbocycles. The number of hydrogen-bond acceptors (Lipinski definition) is 2. The van der Waals surface area contributed by atoms with Gasteiger partial charge in [0.15, 0.2) is 5.96 Å². The standard InChI is InChI=1S/C16H20N4/c1-16(2,13-8-10-18-11-9-13)12-19-15(17)20-14-6-4-3-5-7-14/h3-11H,12H2,1-2H3,(H3,17,19,20). The number of nitrogens with zero attached hydrogens (tertiary/aromatic N) is 2. The van der Waals surface area contributed by atoms with Crippen LogP contribution in [0, 0.1) is 0 Å². The van der Waals surface area contributed by atoms with Gasteiger partial charge in [-0.15, -0.1) is 0 Å². The van der Waals surface area contributed by atoms with Gasteiger partial charge in [-0.3, -0.25) is 9.98 Å². The van der Waals surface area contributed by atoms with Crippen LogP contribution in [0.3, 0.4) is 0 Å². The van der Waals surface area contributed by atoms with Crippen molar-refractivity contribution in [3.63, 3.8) is 0 Å². The van der Waals surface area contributed by atoms with Gasteiger partial charge in [0.05, 0.1) is 6.54 Å². The van der Waals surface area contributed by atoms with Crippen molar-refractivity contribution in [3.8, 4) is 0 Å². The van der Waals surface area contributed by atoms with Crippen LogP contribution in [0.2, 0.25) is 0 Å². The molecule has 4 nitrogen and oxygen atoms in total. The lowest BCUT2D eigenvalue weighted by molar-refractivity contribution is 0.539. The molecule has 20 heavy (non-hydrogen) atoms. The summed E-state index contributed by atoms with van der Waals surface area (Å²) in [7, 11) is 0. The van der Waals surface area contributed by atoms with Crippen LogP contribution >= 0.6 is 0 Å². The second-order valence-electron chi connectivity index (χ2n) is 5.31. The van der Waals surface area contributed by atoms with E-state index in [2.05, 4.69) is 29.1 Å². The molecule has 2 aromatic rings. The van der Waals surface area contributed by atoms with E-state index < -0.39 is 0 Å². The van der Waals surface area contributed by atoms with Crippen molar-refractivity contribution in [3.05, 3.63) is 60.4 Å². The van der Waals surface area contributed by atoms with Crippen molar-refractivity contribution in [1.82, 2.24) is 4.98 Å². The first kappa shape index (κ1) is 14.1. The van der Waals surface area contributed by atoms with Crippen molar-refractivity contribution in [2.45, 2.75) is 19.3 Å². The van der Waals surface area contributed by atoms with Gasteiger partial charge in [0.2, 0.25) is 0 Å². The van der Waals surface area contributed by atoms with E-state index in [1.807, 2.05) is 42.5 Å². The van der Waals surface area contributed by atoms with Gasteiger partial charge in [-0.25, -0.2) is 0 Å². The highest BCUT2D eigenvalue weighted by Crippen LogP contribution is 2.22. The topological polar surface area (TPSA) is 63.3 Å². The third kappa shape index (κ3) is 3.82. The lowest BCUT2D eigenvalue weighted by atomic mass is 9.85. The molecule has 3 N–H and O–H groups in total. The summed E-state index contributed by atoms with van der Waals surface area (Å²) in [6.45, 7) is 4.89. The first-order valence-corrected chi connectivity index (χ1v) is 6.60. The normalized spacial score (nSPS) is 12.2. The largest absolute Gasteiger partial charge is 0.370 e. The summed E-state index contributed by atoms with van der Waals surface area (Å²) in [6, 6.07) is 13.8. The van der Waals surface area contributed by atoms with Crippen LogP contribution in [0.25, 0.3) is 0 Å². The minimum atomic E-state index is -0.0775. The number of guanidine groups is 1. The van der Waals surface area contributed by atoms with Gasteiger partial charge in [-0.05, 0) is 29.8 Å². The Labute approximate surface area is 119 Å². The van der Waals surface area contributed by atoms with Gasteiger partial charge in [0.1, 0.15) is 0 Å². The molecule has 0 spiro atoms. The zero-order chi connectivity index (χ0) is 14.4. The number of rotatable bonds is 4. The van der Waals surface area contributed by atoms with E-state index in [1.165, 1.54) is 5.56 Å². The van der Waals surface area contributed by atoms with E-state index >= 15 is 0 Å². The Bertz CT molecular complexity index is 562. The van der Waals surface area contributed by atoms with Crippen molar-refractivity contribution >= 4 is 11.6 Å². The third-order valence-corrected chi connectivity index (χ3v) is 3.15. The Morgan fingerprint density at radius 2 is 1.80 bits per heavy atom. The van der Waals surface area contributed by atoms with Gasteiger partial charge in [-0.2, -0.15) is 0 Å². The fourth-order valence-electron chi connectivity index (χ4n) is 1.89. The number of aliphatic imine (C=N–C) groups is 1. The third-order valence-electron chi connectivity index (χ3n) is 3.15. The molecule has 0 aliphatic heterocycles. The predicted octanol–water partition coefficient (Wildman–Crippen LogP) is 2.79. The highest BCUT2D eigenvalue weighted by molar-refractivity contribution is 5.92. The highest BCUT2D eigenvalue weighted by atomic mass is 15.1. The lowest BCUT2D eigenvalue weighted by Crippen LogP contribution is -2.27. The van der Waals surface area contributed by atoms with Crippen molar-refractivity contribution in [2.24, 2.45) is 10.7 Å². The summed E-state index contributed by atoms with van der Waals surface area (Å²) in [4.78, 5) is 8.47.